The maximum absolute atomic E-state index is 12.5. The van der Waals surface area contributed by atoms with Crippen molar-refractivity contribution in [3.63, 3.8) is 0 Å². The molecule has 23 heavy (non-hydrogen) atoms. The zero-order valence-corrected chi connectivity index (χ0v) is 13.6. The van der Waals surface area contributed by atoms with E-state index in [0.29, 0.717) is 10.6 Å². The van der Waals surface area contributed by atoms with Crippen molar-refractivity contribution in [1.29, 1.82) is 0 Å². The van der Waals surface area contributed by atoms with E-state index in [-0.39, 0.29) is 11.9 Å². The Bertz CT molecular complexity index is 795. The predicted octanol–water partition coefficient (Wildman–Crippen LogP) is 4.49. The second kappa shape index (κ2) is 6.84. The van der Waals surface area contributed by atoms with E-state index in [0.717, 1.165) is 29.7 Å². The summed E-state index contributed by atoms with van der Waals surface area (Å²) in [5, 5.41) is 3.48. The summed E-state index contributed by atoms with van der Waals surface area (Å²) in [6.45, 7) is 2.08. The molecule has 0 fully saturated rings. The van der Waals surface area contributed by atoms with Gasteiger partial charge in [-0.2, -0.15) is 0 Å². The molecule has 1 aromatic heterocycles. The zero-order chi connectivity index (χ0) is 16.2. The van der Waals surface area contributed by atoms with E-state index in [4.69, 9.17) is 11.6 Å². The number of hydrogen-bond acceptors (Lipinski definition) is 2. The van der Waals surface area contributed by atoms with Crippen LogP contribution in [0.15, 0.2) is 48.5 Å². The van der Waals surface area contributed by atoms with Crippen molar-refractivity contribution in [1.82, 2.24) is 15.3 Å². The number of aromatic amines is 1. The van der Waals surface area contributed by atoms with Crippen LogP contribution in [-0.2, 0) is 0 Å². The maximum atomic E-state index is 12.5. The number of carbonyl (C=O) groups excluding carboxylic acids is 1. The average Bonchev–Trinajstić information content (AvgIpc) is 2.98. The van der Waals surface area contributed by atoms with Gasteiger partial charge in [0, 0.05) is 0 Å². The minimum atomic E-state index is -0.186. The van der Waals surface area contributed by atoms with E-state index in [1.54, 1.807) is 18.2 Å². The number of aromatic nitrogens is 2. The molecule has 0 aliphatic carbocycles. The molecule has 0 aliphatic rings. The van der Waals surface area contributed by atoms with Crippen molar-refractivity contribution in [3.8, 4) is 0 Å². The first-order valence-electron chi connectivity index (χ1n) is 7.69. The Balaban J connectivity index is 1.87. The number of fused-ring (bicyclic) bond motifs is 1. The number of benzene rings is 2. The second-order valence-electron chi connectivity index (χ2n) is 5.43. The highest BCUT2D eigenvalue weighted by atomic mass is 35.5. The Morgan fingerprint density at radius 3 is 2.70 bits per heavy atom. The number of amides is 1. The normalized spacial score (nSPS) is 12.3. The molecule has 118 valence electrons. The van der Waals surface area contributed by atoms with Crippen molar-refractivity contribution in [2.45, 2.75) is 25.8 Å². The quantitative estimate of drug-likeness (QED) is 0.725. The predicted molar refractivity (Wildman–Crippen MR) is 92.7 cm³/mol. The van der Waals surface area contributed by atoms with E-state index >= 15 is 0 Å². The van der Waals surface area contributed by atoms with Crippen LogP contribution in [-0.4, -0.2) is 15.9 Å². The van der Waals surface area contributed by atoms with E-state index in [9.17, 15) is 4.79 Å². The van der Waals surface area contributed by atoms with Crippen molar-refractivity contribution in [2.75, 3.05) is 0 Å². The van der Waals surface area contributed by atoms with Crippen molar-refractivity contribution in [2.24, 2.45) is 0 Å². The Hall–Kier alpha value is -2.33. The third-order valence-electron chi connectivity index (χ3n) is 3.74. The largest absolute Gasteiger partial charge is 0.342 e. The molecule has 0 saturated carbocycles. The smallest absolute Gasteiger partial charge is 0.253 e. The lowest BCUT2D eigenvalue weighted by Crippen LogP contribution is -2.29. The van der Waals surface area contributed by atoms with Crippen LogP contribution in [0.25, 0.3) is 11.0 Å². The maximum Gasteiger partial charge on any atom is 0.253 e. The third kappa shape index (κ3) is 3.37. The summed E-state index contributed by atoms with van der Waals surface area (Å²) in [7, 11) is 0. The van der Waals surface area contributed by atoms with Crippen LogP contribution in [0.4, 0.5) is 0 Å². The van der Waals surface area contributed by atoms with Crippen LogP contribution >= 0.6 is 11.6 Å². The Labute approximate surface area is 139 Å². The van der Waals surface area contributed by atoms with Crippen LogP contribution in [0, 0.1) is 0 Å². The van der Waals surface area contributed by atoms with Crippen LogP contribution in [0.1, 0.15) is 42.0 Å². The van der Waals surface area contributed by atoms with E-state index < -0.39 is 0 Å². The molecular weight excluding hydrogens is 310 g/mol. The topological polar surface area (TPSA) is 57.8 Å². The van der Waals surface area contributed by atoms with Gasteiger partial charge in [0.2, 0.25) is 0 Å². The third-order valence-corrected chi connectivity index (χ3v) is 4.07. The molecule has 1 heterocycles. The fourth-order valence-corrected chi connectivity index (χ4v) is 2.81. The summed E-state index contributed by atoms with van der Waals surface area (Å²) >= 11 is 6.11. The van der Waals surface area contributed by atoms with Crippen LogP contribution in [0.5, 0.6) is 0 Å². The number of para-hydroxylation sites is 2. The van der Waals surface area contributed by atoms with Gasteiger partial charge < -0.3 is 10.3 Å². The van der Waals surface area contributed by atoms with Crippen molar-refractivity contribution in [3.05, 3.63) is 64.9 Å². The van der Waals surface area contributed by atoms with Crippen LogP contribution < -0.4 is 5.32 Å². The Morgan fingerprint density at radius 1 is 1.22 bits per heavy atom. The monoisotopic (exact) mass is 327 g/mol. The van der Waals surface area contributed by atoms with Gasteiger partial charge in [-0.05, 0) is 30.7 Å². The molecule has 3 rings (SSSR count). The van der Waals surface area contributed by atoms with E-state index in [1.165, 1.54) is 0 Å². The minimum Gasteiger partial charge on any atom is -0.342 e. The molecule has 0 saturated heterocycles. The molecule has 5 heteroatoms. The lowest BCUT2D eigenvalue weighted by Gasteiger charge is -2.16. The summed E-state index contributed by atoms with van der Waals surface area (Å²) in [5.41, 5.74) is 2.34. The molecule has 0 radical (unpaired) electrons. The van der Waals surface area contributed by atoms with Crippen LogP contribution in [0.2, 0.25) is 5.02 Å². The van der Waals surface area contributed by atoms with E-state index in [1.807, 2.05) is 30.3 Å². The molecule has 1 amide bonds. The lowest BCUT2D eigenvalue weighted by atomic mass is 10.1. The number of halogens is 1. The minimum absolute atomic E-state index is 0.170. The number of imidazole rings is 1. The standard InChI is InChI=1S/C18H18ClN3O/c1-2-7-16(17-20-14-10-5-6-11-15(14)21-17)22-18(23)12-8-3-4-9-13(12)19/h3-6,8-11,16H,2,7H2,1H3,(H,20,21)(H,22,23)/t16-/m0/s1. The second-order valence-corrected chi connectivity index (χ2v) is 5.84. The Kier molecular flexibility index (Phi) is 4.63. The zero-order valence-electron chi connectivity index (χ0n) is 12.8. The molecule has 0 aliphatic heterocycles. The summed E-state index contributed by atoms with van der Waals surface area (Å²) in [4.78, 5) is 20.4. The highest BCUT2D eigenvalue weighted by Crippen LogP contribution is 2.21. The molecule has 2 N–H and O–H groups in total. The van der Waals surface area contributed by atoms with Gasteiger partial charge in [0.15, 0.2) is 0 Å². The molecule has 0 bridgehead atoms. The van der Waals surface area contributed by atoms with Gasteiger partial charge in [0.05, 0.1) is 27.7 Å². The highest BCUT2D eigenvalue weighted by molar-refractivity contribution is 6.33. The fourth-order valence-electron chi connectivity index (χ4n) is 2.58. The number of H-pyrrole nitrogens is 1. The van der Waals surface area contributed by atoms with Gasteiger partial charge in [0.25, 0.3) is 5.91 Å². The number of rotatable bonds is 5. The SMILES string of the molecule is CCC[C@H](NC(=O)c1ccccc1Cl)c1nc2ccccc2[nH]1. The molecule has 2 aromatic carbocycles. The molecule has 3 aromatic rings. The van der Waals surface area contributed by atoms with Gasteiger partial charge >= 0.3 is 0 Å². The van der Waals surface area contributed by atoms with Crippen LogP contribution in [0.3, 0.4) is 0 Å². The van der Waals surface area contributed by atoms with Crippen molar-refractivity contribution >= 4 is 28.5 Å². The molecular formula is C18H18ClN3O. The first-order valence-corrected chi connectivity index (χ1v) is 8.07. The van der Waals surface area contributed by atoms with Crippen molar-refractivity contribution < 1.29 is 4.79 Å². The lowest BCUT2D eigenvalue weighted by molar-refractivity contribution is 0.0933. The summed E-state index contributed by atoms with van der Waals surface area (Å²) in [6.07, 6.45) is 1.74. The summed E-state index contributed by atoms with van der Waals surface area (Å²) in [6, 6.07) is 14.7. The average molecular weight is 328 g/mol. The molecule has 0 unspecified atom stereocenters. The number of carbonyl (C=O) groups is 1. The first-order chi connectivity index (χ1) is 11.2. The fraction of sp³-hybridized carbons (Fsp3) is 0.222. The van der Waals surface area contributed by atoms with Gasteiger partial charge in [-0.15, -0.1) is 0 Å². The molecule has 1 atom stereocenters. The number of nitrogens with one attached hydrogen (secondary N) is 2. The highest BCUT2D eigenvalue weighted by Gasteiger charge is 2.19. The molecule has 4 nitrogen and oxygen atoms in total. The first kappa shape index (κ1) is 15.6. The van der Waals surface area contributed by atoms with Gasteiger partial charge in [0.1, 0.15) is 5.82 Å². The summed E-state index contributed by atoms with van der Waals surface area (Å²) in [5.74, 6) is 0.586. The number of hydrogen-bond donors (Lipinski definition) is 2. The van der Waals surface area contributed by atoms with Gasteiger partial charge in [-0.25, -0.2) is 4.98 Å². The number of nitrogens with zero attached hydrogens (tertiary/aromatic N) is 1. The van der Waals surface area contributed by atoms with Gasteiger partial charge in [-0.1, -0.05) is 49.2 Å². The molecule has 0 spiro atoms. The van der Waals surface area contributed by atoms with E-state index in [2.05, 4.69) is 22.2 Å². The Morgan fingerprint density at radius 2 is 1.96 bits per heavy atom. The van der Waals surface area contributed by atoms with Gasteiger partial charge in [-0.3, -0.25) is 4.79 Å². The summed E-state index contributed by atoms with van der Waals surface area (Å²) < 4.78 is 0.